The molecule has 1 aromatic rings. The van der Waals surface area contributed by atoms with E-state index in [9.17, 15) is 9.59 Å². The van der Waals surface area contributed by atoms with Crippen molar-refractivity contribution in [3.05, 3.63) is 29.3 Å². The number of nitrogens with zero attached hydrogens (tertiary/aromatic N) is 2. The number of hydrogen-bond acceptors (Lipinski definition) is 3. The molecule has 0 aromatic heterocycles. The topological polar surface area (TPSA) is 52.7 Å². The Labute approximate surface area is 123 Å². The number of carbonyl (C=O) groups excluding carboxylic acids is 2. The first-order valence-electron chi connectivity index (χ1n) is 6.64. The van der Waals surface area contributed by atoms with E-state index < -0.39 is 0 Å². The van der Waals surface area contributed by atoms with Crippen molar-refractivity contribution in [1.82, 2.24) is 9.80 Å². The van der Waals surface area contributed by atoms with Crippen molar-refractivity contribution in [3.63, 3.8) is 0 Å². The highest BCUT2D eigenvalue weighted by molar-refractivity contribution is 6.30. The molecule has 1 heterocycles. The second-order valence-corrected chi connectivity index (χ2v) is 5.23. The van der Waals surface area contributed by atoms with Gasteiger partial charge in [-0.05, 0) is 18.2 Å². The second-order valence-electron chi connectivity index (χ2n) is 4.79. The summed E-state index contributed by atoms with van der Waals surface area (Å²) >= 11 is 5.86. The van der Waals surface area contributed by atoms with Crippen molar-refractivity contribution in [2.45, 2.75) is 6.42 Å². The zero-order valence-electron chi connectivity index (χ0n) is 11.2. The first-order chi connectivity index (χ1) is 9.67. The largest absolute Gasteiger partial charge is 0.343 e. The summed E-state index contributed by atoms with van der Waals surface area (Å²) in [6.07, 6.45) is 1.32. The van der Waals surface area contributed by atoms with Crippen LogP contribution >= 0.6 is 11.6 Å². The predicted molar refractivity (Wildman–Crippen MR) is 78.8 cm³/mol. The Morgan fingerprint density at radius 1 is 1.30 bits per heavy atom. The van der Waals surface area contributed by atoms with Gasteiger partial charge in [0.25, 0.3) is 0 Å². The van der Waals surface area contributed by atoms with Gasteiger partial charge in [-0.3, -0.25) is 14.5 Å². The number of benzene rings is 1. The van der Waals surface area contributed by atoms with E-state index in [1.165, 1.54) is 0 Å². The number of hydrogen-bond donors (Lipinski definition) is 1. The van der Waals surface area contributed by atoms with Gasteiger partial charge in [0, 0.05) is 49.9 Å². The predicted octanol–water partition coefficient (Wildman–Crippen LogP) is 1.44. The summed E-state index contributed by atoms with van der Waals surface area (Å²) in [6, 6.07) is 7.11. The third-order valence-corrected chi connectivity index (χ3v) is 3.55. The van der Waals surface area contributed by atoms with Crippen LogP contribution in [0.2, 0.25) is 5.02 Å². The average molecular weight is 296 g/mol. The molecule has 5 nitrogen and oxygen atoms in total. The summed E-state index contributed by atoms with van der Waals surface area (Å²) in [4.78, 5) is 26.4. The smallest absolute Gasteiger partial charge is 0.225 e. The molecule has 1 aromatic carbocycles. The molecule has 0 radical (unpaired) electrons. The van der Waals surface area contributed by atoms with Crippen LogP contribution in [0.1, 0.15) is 6.42 Å². The van der Waals surface area contributed by atoms with Crippen LogP contribution < -0.4 is 5.32 Å². The van der Waals surface area contributed by atoms with E-state index in [1.807, 2.05) is 6.07 Å². The Kier molecular flexibility index (Phi) is 5.38. The minimum absolute atomic E-state index is 0.0231. The van der Waals surface area contributed by atoms with Gasteiger partial charge in [-0.25, -0.2) is 0 Å². The fraction of sp³-hybridized carbons (Fsp3) is 0.429. The van der Waals surface area contributed by atoms with Gasteiger partial charge in [0.2, 0.25) is 12.3 Å². The van der Waals surface area contributed by atoms with Crippen LogP contribution in [0, 0.1) is 0 Å². The Bertz CT molecular complexity index is 473. The number of carbonyl (C=O) groups is 2. The van der Waals surface area contributed by atoms with Gasteiger partial charge in [-0.15, -0.1) is 0 Å². The van der Waals surface area contributed by atoms with Crippen molar-refractivity contribution in [3.8, 4) is 0 Å². The summed E-state index contributed by atoms with van der Waals surface area (Å²) in [5.74, 6) is -0.0231. The molecule has 1 N–H and O–H groups in total. The van der Waals surface area contributed by atoms with Crippen LogP contribution in [0.15, 0.2) is 24.3 Å². The lowest BCUT2D eigenvalue weighted by Gasteiger charge is -2.32. The highest BCUT2D eigenvalue weighted by Gasteiger charge is 2.15. The normalized spacial score (nSPS) is 15.9. The van der Waals surface area contributed by atoms with Gasteiger partial charge in [0.15, 0.2) is 0 Å². The number of piperazine rings is 1. The van der Waals surface area contributed by atoms with Gasteiger partial charge in [0.05, 0.1) is 0 Å². The maximum atomic E-state index is 11.8. The van der Waals surface area contributed by atoms with Gasteiger partial charge in [-0.2, -0.15) is 0 Å². The second kappa shape index (κ2) is 7.26. The fourth-order valence-electron chi connectivity index (χ4n) is 2.14. The van der Waals surface area contributed by atoms with Crippen LogP contribution in [-0.4, -0.2) is 54.8 Å². The molecule has 0 atom stereocenters. The van der Waals surface area contributed by atoms with Crippen LogP contribution in [0.3, 0.4) is 0 Å². The Morgan fingerprint density at radius 2 is 2.05 bits per heavy atom. The summed E-state index contributed by atoms with van der Waals surface area (Å²) in [5, 5.41) is 3.43. The van der Waals surface area contributed by atoms with Crippen molar-refractivity contribution in [1.29, 1.82) is 0 Å². The van der Waals surface area contributed by atoms with Gasteiger partial charge in [0.1, 0.15) is 0 Å². The minimum Gasteiger partial charge on any atom is -0.343 e. The molecule has 2 rings (SSSR count). The lowest BCUT2D eigenvalue weighted by atomic mass is 10.2. The molecule has 2 amide bonds. The van der Waals surface area contributed by atoms with Gasteiger partial charge in [-0.1, -0.05) is 17.7 Å². The number of anilines is 1. The fourth-order valence-corrected chi connectivity index (χ4v) is 2.33. The molecular formula is C14H18ClN3O2. The quantitative estimate of drug-likeness (QED) is 0.837. The van der Waals surface area contributed by atoms with Crippen molar-refractivity contribution in [2.75, 3.05) is 38.0 Å². The molecule has 108 valence electrons. The number of rotatable bonds is 5. The molecule has 6 heteroatoms. The summed E-state index contributed by atoms with van der Waals surface area (Å²) in [5.41, 5.74) is 0.716. The minimum atomic E-state index is -0.0231. The molecule has 1 saturated heterocycles. The van der Waals surface area contributed by atoms with Crippen molar-refractivity contribution in [2.24, 2.45) is 0 Å². The van der Waals surface area contributed by atoms with Crippen molar-refractivity contribution >= 4 is 29.6 Å². The molecule has 0 bridgehead atoms. The molecule has 0 saturated carbocycles. The summed E-state index contributed by atoms with van der Waals surface area (Å²) in [6.45, 7) is 3.82. The molecule has 0 aliphatic carbocycles. The van der Waals surface area contributed by atoms with Crippen LogP contribution in [0.4, 0.5) is 5.69 Å². The molecular weight excluding hydrogens is 278 g/mol. The maximum absolute atomic E-state index is 11.8. The first kappa shape index (κ1) is 14.8. The zero-order valence-corrected chi connectivity index (χ0v) is 12.0. The lowest BCUT2D eigenvalue weighted by Crippen LogP contribution is -2.46. The van der Waals surface area contributed by atoms with Crippen LogP contribution in [0.5, 0.6) is 0 Å². The van der Waals surface area contributed by atoms with Crippen LogP contribution in [-0.2, 0) is 9.59 Å². The van der Waals surface area contributed by atoms with E-state index in [2.05, 4.69) is 10.2 Å². The van der Waals surface area contributed by atoms with E-state index in [0.717, 1.165) is 32.6 Å². The Morgan fingerprint density at radius 3 is 2.70 bits per heavy atom. The summed E-state index contributed by atoms with van der Waals surface area (Å²) < 4.78 is 0. The number of amides is 2. The molecule has 1 aliphatic rings. The standard InChI is InChI=1S/C14H18ClN3O2/c15-12-2-1-3-13(10-12)16-14(20)4-5-17-6-8-18(11-19)9-7-17/h1-3,10-11H,4-9H2,(H,16,20). The van der Waals surface area contributed by atoms with E-state index in [4.69, 9.17) is 11.6 Å². The Hall–Kier alpha value is -1.59. The SMILES string of the molecule is O=CN1CCN(CCC(=O)Nc2cccc(Cl)c2)CC1. The molecule has 1 aliphatic heterocycles. The highest BCUT2D eigenvalue weighted by Crippen LogP contribution is 2.15. The lowest BCUT2D eigenvalue weighted by molar-refractivity contribution is -0.120. The van der Waals surface area contributed by atoms with E-state index in [-0.39, 0.29) is 5.91 Å². The van der Waals surface area contributed by atoms with Crippen molar-refractivity contribution < 1.29 is 9.59 Å². The Balaban J connectivity index is 1.72. The molecule has 20 heavy (non-hydrogen) atoms. The van der Waals surface area contributed by atoms with Crippen LogP contribution in [0.25, 0.3) is 0 Å². The van der Waals surface area contributed by atoms with E-state index >= 15 is 0 Å². The number of nitrogens with one attached hydrogen (secondary N) is 1. The average Bonchev–Trinajstić information content (AvgIpc) is 2.46. The third-order valence-electron chi connectivity index (χ3n) is 3.32. The van der Waals surface area contributed by atoms with E-state index in [1.54, 1.807) is 23.1 Å². The maximum Gasteiger partial charge on any atom is 0.225 e. The molecule has 1 fully saturated rings. The highest BCUT2D eigenvalue weighted by atomic mass is 35.5. The van der Waals surface area contributed by atoms with E-state index in [0.29, 0.717) is 23.7 Å². The van der Waals surface area contributed by atoms with Gasteiger partial charge >= 0.3 is 0 Å². The first-order valence-corrected chi connectivity index (χ1v) is 7.02. The third kappa shape index (κ3) is 4.51. The molecule has 0 spiro atoms. The zero-order chi connectivity index (χ0) is 14.4. The summed E-state index contributed by atoms with van der Waals surface area (Å²) in [7, 11) is 0. The van der Waals surface area contributed by atoms with Gasteiger partial charge < -0.3 is 10.2 Å². The number of halogens is 1. The monoisotopic (exact) mass is 295 g/mol. The molecule has 0 unspecified atom stereocenters.